The highest BCUT2D eigenvalue weighted by atomic mass is 35.5. The molecule has 1 fully saturated rings. The molecular weight excluding hydrogens is 296 g/mol. The van der Waals surface area contributed by atoms with Crippen LogP contribution < -0.4 is 0 Å². The number of imidazole rings is 1. The van der Waals surface area contributed by atoms with Crippen molar-refractivity contribution in [2.45, 2.75) is 31.0 Å². The Morgan fingerprint density at radius 2 is 2.35 bits per heavy atom. The molecule has 0 aliphatic heterocycles. The van der Waals surface area contributed by atoms with E-state index in [-0.39, 0.29) is 5.75 Å². The highest BCUT2D eigenvalue weighted by Crippen LogP contribution is 2.43. The molecule has 1 aromatic heterocycles. The third-order valence-corrected chi connectivity index (χ3v) is 4.91. The van der Waals surface area contributed by atoms with Crippen molar-refractivity contribution in [3.8, 4) is 0 Å². The van der Waals surface area contributed by atoms with E-state index in [0.717, 1.165) is 16.2 Å². The fourth-order valence-corrected chi connectivity index (χ4v) is 3.55. The molecule has 1 saturated carbocycles. The molecule has 6 heteroatoms. The number of carbonyl (C=O) groups is 1. The van der Waals surface area contributed by atoms with Gasteiger partial charge in [0.25, 0.3) is 0 Å². The standard InChI is InChI=1S/C14H15ClN2O2S/c1-8(9-5-6-9)17-13-10(15)3-2-4-11(13)16-14(17)20-7-12(18)19/h2-4,8-9H,5-7H2,1H3,(H,18,19). The number of thioether (sulfide) groups is 1. The fourth-order valence-electron chi connectivity index (χ4n) is 2.48. The van der Waals surface area contributed by atoms with Gasteiger partial charge < -0.3 is 9.67 Å². The van der Waals surface area contributed by atoms with Crippen LogP contribution in [0.3, 0.4) is 0 Å². The van der Waals surface area contributed by atoms with E-state index in [0.29, 0.717) is 17.0 Å². The molecule has 0 radical (unpaired) electrons. The summed E-state index contributed by atoms with van der Waals surface area (Å²) in [5.74, 6) is -0.176. The van der Waals surface area contributed by atoms with E-state index >= 15 is 0 Å². The Morgan fingerprint density at radius 1 is 1.60 bits per heavy atom. The number of benzene rings is 1. The number of nitrogens with zero attached hydrogens (tertiary/aromatic N) is 2. The average Bonchev–Trinajstić information content (AvgIpc) is 3.17. The maximum absolute atomic E-state index is 10.8. The minimum atomic E-state index is -0.834. The number of aromatic nitrogens is 2. The molecule has 0 bridgehead atoms. The van der Waals surface area contributed by atoms with E-state index < -0.39 is 5.97 Å². The van der Waals surface area contributed by atoms with Crippen LogP contribution in [-0.4, -0.2) is 26.4 Å². The van der Waals surface area contributed by atoms with Gasteiger partial charge in [0.15, 0.2) is 5.16 Å². The Kier molecular flexibility index (Phi) is 3.65. The quantitative estimate of drug-likeness (QED) is 0.853. The van der Waals surface area contributed by atoms with Gasteiger partial charge in [-0.25, -0.2) is 4.98 Å². The molecule has 106 valence electrons. The Hall–Kier alpha value is -1.20. The number of rotatable bonds is 5. The zero-order valence-corrected chi connectivity index (χ0v) is 12.6. The smallest absolute Gasteiger partial charge is 0.313 e. The van der Waals surface area contributed by atoms with Crippen molar-refractivity contribution in [2.24, 2.45) is 5.92 Å². The summed E-state index contributed by atoms with van der Waals surface area (Å²) in [6.45, 7) is 2.16. The third kappa shape index (κ3) is 2.52. The highest BCUT2D eigenvalue weighted by molar-refractivity contribution is 7.99. The maximum atomic E-state index is 10.8. The lowest BCUT2D eigenvalue weighted by Crippen LogP contribution is -2.10. The van der Waals surface area contributed by atoms with Gasteiger partial charge in [-0.05, 0) is 37.8 Å². The third-order valence-electron chi connectivity index (χ3n) is 3.66. The molecule has 0 spiro atoms. The van der Waals surface area contributed by atoms with Crippen molar-refractivity contribution < 1.29 is 9.90 Å². The molecule has 4 nitrogen and oxygen atoms in total. The van der Waals surface area contributed by atoms with Crippen LogP contribution in [0.15, 0.2) is 23.4 Å². The topological polar surface area (TPSA) is 55.1 Å². The van der Waals surface area contributed by atoms with Crippen molar-refractivity contribution in [2.75, 3.05) is 5.75 Å². The summed E-state index contributed by atoms with van der Waals surface area (Å²) >= 11 is 7.58. The molecule has 1 aliphatic rings. The van der Waals surface area contributed by atoms with Gasteiger partial charge in [-0.3, -0.25) is 4.79 Å². The number of fused-ring (bicyclic) bond motifs is 1. The SMILES string of the molecule is CC(C1CC1)n1c(SCC(=O)O)nc2cccc(Cl)c21. The molecule has 1 unspecified atom stereocenters. The van der Waals surface area contributed by atoms with Gasteiger partial charge in [-0.15, -0.1) is 0 Å². The van der Waals surface area contributed by atoms with Gasteiger partial charge in [-0.1, -0.05) is 29.4 Å². The van der Waals surface area contributed by atoms with Gasteiger partial charge >= 0.3 is 5.97 Å². The molecule has 1 aliphatic carbocycles. The Labute approximate surface area is 126 Å². The van der Waals surface area contributed by atoms with Crippen molar-refractivity contribution in [3.05, 3.63) is 23.2 Å². The van der Waals surface area contributed by atoms with Gasteiger partial charge in [0.05, 0.1) is 21.8 Å². The molecule has 1 N–H and O–H groups in total. The summed E-state index contributed by atoms with van der Waals surface area (Å²) in [5, 5.41) is 10.3. The number of halogens is 1. The largest absolute Gasteiger partial charge is 0.481 e. The van der Waals surface area contributed by atoms with Crippen LogP contribution >= 0.6 is 23.4 Å². The van der Waals surface area contributed by atoms with Gasteiger partial charge in [0, 0.05) is 6.04 Å². The predicted molar refractivity (Wildman–Crippen MR) is 80.5 cm³/mol. The minimum absolute atomic E-state index is 0.0122. The average molecular weight is 311 g/mol. The van der Waals surface area contributed by atoms with Gasteiger partial charge in [-0.2, -0.15) is 0 Å². The maximum Gasteiger partial charge on any atom is 0.313 e. The Bertz CT molecular complexity index is 666. The first-order chi connectivity index (χ1) is 9.58. The van der Waals surface area contributed by atoms with E-state index in [1.165, 1.54) is 24.6 Å². The molecule has 1 aromatic carbocycles. The molecule has 1 atom stereocenters. The van der Waals surface area contributed by atoms with Crippen LogP contribution in [0.1, 0.15) is 25.8 Å². The molecule has 0 saturated heterocycles. The lowest BCUT2D eigenvalue weighted by Gasteiger charge is -2.17. The van der Waals surface area contributed by atoms with E-state index in [4.69, 9.17) is 16.7 Å². The number of aliphatic carboxylic acids is 1. The Morgan fingerprint density at radius 3 is 3.00 bits per heavy atom. The fraction of sp³-hybridized carbons (Fsp3) is 0.429. The summed E-state index contributed by atoms with van der Waals surface area (Å²) in [7, 11) is 0. The number of hydrogen-bond donors (Lipinski definition) is 1. The van der Waals surface area contributed by atoms with E-state index in [2.05, 4.69) is 16.5 Å². The van der Waals surface area contributed by atoms with Crippen LogP contribution in [0.5, 0.6) is 0 Å². The van der Waals surface area contributed by atoms with Crippen LogP contribution in [0.25, 0.3) is 11.0 Å². The van der Waals surface area contributed by atoms with Crippen LogP contribution in [0.4, 0.5) is 0 Å². The second-order valence-corrected chi connectivity index (χ2v) is 6.48. The van der Waals surface area contributed by atoms with Crippen LogP contribution in [-0.2, 0) is 4.79 Å². The minimum Gasteiger partial charge on any atom is -0.481 e. The van der Waals surface area contributed by atoms with Gasteiger partial charge in [0.2, 0.25) is 0 Å². The molecule has 0 amide bonds. The molecule has 2 aromatic rings. The van der Waals surface area contributed by atoms with Crippen molar-refractivity contribution in [1.82, 2.24) is 9.55 Å². The normalized spacial score (nSPS) is 16.5. The lowest BCUT2D eigenvalue weighted by molar-refractivity contribution is -0.133. The number of carboxylic acid groups (broad SMARTS) is 1. The van der Waals surface area contributed by atoms with Crippen molar-refractivity contribution in [1.29, 1.82) is 0 Å². The van der Waals surface area contributed by atoms with E-state index in [9.17, 15) is 4.79 Å². The molecular formula is C14H15ClN2O2S. The molecule has 20 heavy (non-hydrogen) atoms. The summed E-state index contributed by atoms with van der Waals surface area (Å²) in [6.07, 6.45) is 2.43. The van der Waals surface area contributed by atoms with E-state index in [1.54, 1.807) is 0 Å². The number of hydrogen-bond acceptors (Lipinski definition) is 3. The second kappa shape index (κ2) is 5.30. The molecule has 1 heterocycles. The Balaban J connectivity index is 2.09. The zero-order chi connectivity index (χ0) is 14.3. The van der Waals surface area contributed by atoms with Crippen LogP contribution in [0, 0.1) is 5.92 Å². The molecule has 3 rings (SSSR count). The zero-order valence-electron chi connectivity index (χ0n) is 11.0. The van der Waals surface area contributed by atoms with Gasteiger partial charge in [0.1, 0.15) is 0 Å². The first-order valence-electron chi connectivity index (χ1n) is 6.59. The van der Waals surface area contributed by atoms with Crippen molar-refractivity contribution >= 4 is 40.4 Å². The predicted octanol–water partition coefficient (Wildman–Crippen LogP) is 3.84. The summed E-state index contributed by atoms with van der Waals surface area (Å²) < 4.78 is 2.11. The first kappa shape index (κ1) is 13.8. The monoisotopic (exact) mass is 310 g/mol. The second-order valence-electron chi connectivity index (χ2n) is 5.13. The first-order valence-corrected chi connectivity index (χ1v) is 7.95. The van der Waals surface area contributed by atoms with E-state index in [1.807, 2.05) is 18.2 Å². The van der Waals surface area contributed by atoms with Crippen LogP contribution in [0.2, 0.25) is 5.02 Å². The summed E-state index contributed by atoms with van der Waals surface area (Å²) in [6, 6.07) is 5.95. The lowest BCUT2D eigenvalue weighted by atomic mass is 10.2. The summed E-state index contributed by atoms with van der Waals surface area (Å²) in [5.41, 5.74) is 1.75. The van der Waals surface area contributed by atoms with Crippen molar-refractivity contribution in [3.63, 3.8) is 0 Å². The number of carboxylic acids is 1. The summed E-state index contributed by atoms with van der Waals surface area (Å²) in [4.78, 5) is 15.4. The number of para-hydroxylation sites is 1. The highest BCUT2D eigenvalue weighted by Gasteiger charge is 2.32.